The molecule has 1 aliphatic rings. The third-order valence-corrected chi connectivity index (χ3v) is 4.87. The molecule has 0 spiro atoms. The minimum absolute atomic E-state index is 0.421. The first kappa shape index (κ1) is 17.3. The maximum Gasteiger partial charge on any atom is 0.0797 e. The second-order valence-electron chi connectivity index (χ2n) is 6.41. The molecule has 1 aromatic carbocycles. The molecule has 3 N–H and O–H groups in total. The summed E-state index contributed by atoms with van der Waals surface area (Å²) in [5.74, 6) is 0. The molecule has 1 atom stereocenters. The van der Waals surface area contributed by atoms with Crippen molar-refractivity contribution in [1.29, 1.82) is 0 Å². The number of aromatic amines is 1. The number of aryl methyl sites for hydroxylation is 1. The minimum Gasteiger partial charge on any atom is -0.516 e. The summed E-state index contributed by atoms with van der Waals surface area (Å²) in [6.07, 6.45) is 14.2. The molecule has 1 aliphatic carbocycles. The zero-order valence-corrected chi connectivity index (χ0v) is 14.8. The molecule has 2 aromatic rings. The number of nitrogens with one attached hydrogen (secondary N) is 2. The molecule has 1 unspecified atom stereocenters. The molecule has 0 aliphatic heterocycles. The van der Waals surface area contributed by atoms with Crippen molar-refractivity contribution in [2.24, 2.45) is 0 Å². The first-order valence-corrected chi connectivity index (χ1v) is 8.89. The lowest BCUT2D eigenvalue weighted by Crippen LogP contribution is -2.22. The highest BCUT2D eigenvalue weighted by Gasteiger charge is 2.21. The predicted molar refractivity (Wildman–Crippen MR) is 106 cm³/mol. The molecule has 0 fully saturated rings. The van der Waals surface area contributed by atoms with Crippen molar-refractivity contribution < 1.29 is 5.11 Å². The summed E-state index contributed by atoms with van der Waals surface area (Å²) in [6.45, 7) is 6.86. The van der Waals surface area contributed by atoms with Gasteiger partial charge in [0.1, 0.15) is 0 Å². The van der Waals surface area contributed by atoms with Crippen LogP contribution in [0.25, 0.3) is 18.2 Å². The van der Waals surface area contributed by atoms with Gasteiger partial charge in [0, 0.05) is 23.5 Å². The smallest absolute Gasteiger partial charge is 0.0797 e. The van der Waals surface area contributed by atoms with Crippen molar-refractivity contribution in [3.05, 3.63) is 76.8 Å². The molecular weight excluding hydrogens is 308 g/mol. The Morgan fingerprint density at radius 3 is 3.00 bits per heavy atom. The molecule has 3 heteroatoms. The fourth-order valence-electron chi connectivity index (χ4n) is 3.65. The van der Waals surface area contributed by atoms with Gasteiger partial charge in [-0.15, -0.1) is 0 Å². The maximum atomic E-state index is 8.92. The van der Waals surface area contributed by atoms with Crippen LogP contribution in [0.4, 0.5) is 0 Å². The van der Waals surface area contributed by atoms with Crippen molar-refractivity contribution in [2.45, 2.75) is 32.2 Å². The molecule has 130 valence electrons. The Kier molecular flexibility index (Phi) is 5.56. The summed E-state index contributed by atoms with van der Waals surface area (Å²) in [7, 11) is 0. The number of allylic oxidation sites excluding steroid dienone is 1. The van der Waals surface area contributed by atoms with Crippen LogP contribution >= 0.6 is 0 Å². The lowest BCUT2D eigenvalue weighted by atomic mass is 10.0. The van der Waals surface area contributed by atoms with Crippen LogP contribution in [0.3, 0.4) is 0 Å². The monoisotopic (exact) mass is 334 g/mol. The average Bonchev–Trinajstić information content (AvgIpc) is 3.20. The zero-order chi connectivity index (χ0) is 17.6. The number of aromatic nitrogens is 1. The number of fused-ring (bicyclic) bond motifs is 1. The van der Waals surface area contributed by atoms with Crippen molar-refractivity contribution >= 4 is 18.2 Å². The van der Waals surface area contributed by atoms with Gasteiger partial charge in [0.05, 0.1) is 6.26 Å². The van der Waals surface area contributed by atoms with E-state index in [9.17, 15) is 0 Å². The van der Waals surface area contributed by atoms with E-state index in [1.54, 1.807) is 6.08 Å². The molecule has 0 radical (unpaired) electrons. The summed E-state index contributed by atoms with van der Waals surface area (Å²) in [5.41, 5.74) is 7.49. The van der Waals surface area contributed by atoms with Crippen LogP contribution in [-0.4, -0.2) is 16.6 Å². The van der Waals surface area contributed by atoms with Gasteiger partial charge in [-0.2, -0.15) is 0 Å². The van der Waals surface area contributed by atoms with Crippen molar-refractivity contribution in [1.82, 2.24) is 10.3 Å². The fraction of sp³-hybridized carbons (Fsp3) is 0.273. The van der Waals surface area contributed by atoms with Crippen LogP contribution in [0.15, 0.2) is 43.3 Å². The van der Waals surface area contributed by atoms with Crippen molar-refractivity contribution in [3.63, 3.8) is 0 Å². The Morgan fingerprint density at radius 2 is 2.24 bits per heavy atom. The minimum atomic E-state index is 0.421. The third kappa shape index (κ3) is 3.77. The Hall–Kier alpha value is -2.52. The highest BCUT2D eigenvalue weighted by Crippen LogP contribution is 2.32. The standard InChI is InChI=1S/C22H26N2O/c1-3-5-19-18(15-24-21(19)4-2)10-12-23-22-9-7-17-14-16(11-13-25)6-8-20(17)22/h3-6,8,11,13-15,22-25H,2,7,9-10,12H2,1H3/b5-3-,13-11+. The summed E-state index contributed by atoms with van der Waals surface area (Å²) >= 11 is 0. The summed E-state index contributed by atoms with van der Waals surface area (Å²) in [5, 5.41) is 12.6. The van der Waals surface area contributed by atoms with Crippen LogP contribution < -0.4 is 5.32 Å². The van der Waals surface area contributed by atoms with E-state index in [0.29, 0.717) is 6.04 Å². The SMILES string of the molecule is C=Cc1[nH]cc(CCNC2CCc3cc(/C=C/O)ccc32)c1/C=C\C. The Bertz CT molecular complexity index is 798. The van der Waals surface area contributed by atoms with E-state index < -0.39 is 0 Å². The molecule has 3 rings (SSSR count). The Labute approximate surface area is 149 Å². The number of aliphatic hydroxyl groups excluding tert-OH is 1. The van der Waals surface area contributed by atoms with Crippen LogP contribution in [0.2, 0.25) is 0 Å². The first-order chi connectivity index (χ1) is 12.3. The molecule has 0 saturated heterocycles. The summed E-state index contributed by atoms with van der Waals surface area (Å²) < 4.78 is 0. The van der Waals surface area contributed by atoms with Gasteiger partial charge < -0.3 is 15.4 Å². The van der Waals surface area contributed by atoms with Crippen LogP contribution in [0.1, 0.15) is 52.9 Å². The number of aliphatic hydroxyl groups is 1. The fourth-order valence-corrected chi connectivity index (χ4v) is 3.65. The highest BCUT2D eigenvalue weighted by atomic mass is 16.2. The van der Waals surface area contributed by atoms with E-state index in [0.717, 1.165) is 43.3 Å². The number of hydrogen-bond donors (Lipinski definition) is 3. The van der Waals surface area contributed by atoms with Gasteiger partial charge in [-0.05, 0) is 67.1 Å². The molecule has 0 amide bonds. The largest absolute Gasteiger partial charge is 0.516 e. The zero-order valence-electron chi connectivity index (χ0n) is 14.8. The maximum absolute atomic E-state index is 8.92. The lowest BCUT2D eigenvalue weighted by molar-refractivity contribution is 0.478. The molecule has 25 heavy (non-hydrogen) atoms. The number of hydrogen-bond acceptors (Lipinski definition) is 2. The van der Waals surface area contributed by atoms with Crippen LogP contribution in [0.5, 0.6) is 0 Å². The quantitative estimate of drug-likeness (QED) is 0.621. The molecule has 0 bridgehead atoms. The number of rotatable bonds is 7. The Balaban J connectivity index is 1.63. The van der Waals surface area contributed by atoms with E-state index in [-0.39, 0.29) is 0 Å². The van der Waals surface area contributed by atoms with Gasteiger partial charge in [-0.1, -0.05) is 36.9 Å². The van der Waals surface area contributed by atoms with Gasteiger partial charge in [-0.25, -0.2) is 0 Å². The number of H-pyrrole nitrogens is 1. The third-order valence-electron chi connectivity index (χ3n) is 4.87. The molecule has 3 nitrogen and oxygen atoms in total. The average molecular weight is 334 g/mol. The van der Waals surface area contributed by atoms with E-state index in [1.807, 2.05) is 13.0 Å². The lowest BCUT2D eigenvalue weighted by Gasteiger charge is -2.14. The van der Waals surface area contributed by atoms with Crippen LogP contribution in [0, 0.1) is 0 Å². The molecule has 0 saturated carbocycles. The van der Waals surface area contributed by atoms with Gasteiger partial charge >= 0.3 is 0 Å². The first-order valence-electron chi connectivity index (χ1n) is 8.89. The Morgan fingerprint density at radius 1 is 1.36 bits per heavy atom. The molecule has 1 aromatic heterocycles. The summed E-state index contributed by atoms with van der Waals surface area (Å²) in [4.78, 5) is 3.30. The van der Waals surface area contributed by atoms with Crippen LogP contribution in [-0.2, 0) is 12.8 Å². The van der Waals surface area contributed by atoms with E-state index in [4.69, 9.17) is 5.11 Å². The second-order valence-corrected chi connectivity index (χ2v) is 6.41. The summed E-state index contributed by atoms with van der Waals surface area (Å²) in [6, 6.07) is 6.85. The van der Waals surface area contributed by atoms with Gasteiger partial charge in [0.15, 0.2) is 0 Å². The van der Waals surface area contributed by atoms with Gasteiger partial charge in [0.25, 0.3) is 0 Å². The van der Waals surface area contributed by atoms with Gasteiger partial charge in [-0.3, -0.25) is 0 Å². The van der Waals surface area contributed by atoms with Crippen molar-refractivity contribution in [2.75, 3.05) is 6.54 Å². The van der Waals surface area contributed by atoms with Gasteiger partial charge in [0.2, 0.25) is 0 Å². The topological polar surface area (TPSA) is 48.0 Å². The second kappa shape index (κ2) is 8.04. The van der Waals surface area contributed by atoms with E-state index in [1.165, 1.54) is 22.3 Å². The van der Waals surface area contributed by atoms with E-state index in [2.05, 4.69) is 53.4 Å². The molecule has 1 heterocycles. The predicted octanol–water partition coefficient (Wildman–Crippen LogP) is 5.04. The highest BCUT2D eigenvalue weighted by molar-refractivity contribution is 5.65. The van der Waals surface area contributed by atoms with E-state index >= 15 is 0 Å². The number of benzene rings is 1. The normalized spacial score (nSPS) is 16.8. The molecular formula is C22H26N2O. The van der Waals surface area contributed by atoms with Crippen molar-refractivity contribution in [3.8, 4) is 0 Å².